The van der Waals surface area contributed by atoms with Crippen LogP contribution in [0.1, 0.15) is 23.1 Å². The maximum absolute atomic E-state index is 13.8. The highest BCUT2D eigenvalue weighted by Crippen LogP contribution is 2.40. The molecule has 3 aromatic carbocycles. The second-order valence-electron chi connectivity index (χ2n) is 7.99. The van der Waals surface area contributed by atoms with Crippen LogP contribution in [0.4, 0.5) is 5.69 Å². The number of hydrogen-bond donors (Lipinski definition) is 0. The van der Waals surface area contributed by atoms with E-state index in [0.29, 0.717) is 29.1 Å². The Labute approximate surface area is 187 Å². The highest BCUT2D eigenvalue weighted by atomic mass is 16.5. The molecule has 3 aromatic rings. The predicted octanol–water partition coefficient (Wildman–Crippen LogP) is 4.43. The molecule has 160 valence electrons. The van der Waals surface area contributed by atoms with Gasteiger partial charge in [0.05, 0.1) is 19.2 Å². The molecule has 0 aromatic heterocycles. The smallest absolute Gasteiger partial charge is 0.278 e. The van der Waals surface area contributed by atoms with Crippen molar-refractivity contribution in [3.63, 3.8) is 0 Å². The molecule has 0 saturated carbocycles. The summed E-state index contributed by atoms with van der Waals surface area (Å²) < 4.78 is 5.57. The lowest BCUT2D eigenvalue weighted by atomic mass is 9.98. The summed E-state index contributed by atoms with van der Waals surface area (Å²) in [5, 5.41) is 0. The number of aryl methyl sites for hydroxylation is 1. The number of anilines is 1. The first-order valence-corrected chi connectivity index (χ1v) is 10.8. The van der Waals surface area contributed by atoms with Crippen LogP contribution in [-0.2, 0) is 22.6 Å². The van der Waals surface area contributed by atoms with Crippen LogP contribution in [0.25, 0.3) is 5.57 Å². The molecule has 2 heterocycles. The highest BCUT2D eigenvalue weighted by Gasteiger charge is 2.43. The van der Waals surface area contributed by atoms with Gasteiger partial charge in [0.1, 0.15) is 11.4 Å². The number of ether oxygens (including phenoxy) is 1. The van der Waals surface area contributed by atoms with E-state index in [1.165, 1.54) is 10.5 Å². The first kappa shape index (κ1) is 20.1. The van der Waals surface area contributed by atoms with Crippen LogP contribution in [0, 0.1) is 0 Å². The van der Waals surface area contributed by atoms with Crippen molar-refractivity contribution in [3.05, 3.63) is 101 Å². The van der Waals surface area contributed by atoms with Crippen molar-refractivity contribution in [2.75, 3.05) is 18.6 Å². The Kier molecular flexibility index (Phi) is 5.23. The molecule has 0 atom stereocenters. The van der Waals surface area contributed by atoms with Gasteiger partial charge in [0.15, 0.2) is 0 Å². The lowest BCUT2D eigenvalue weighted by Gasteiger charge is -2.32. The first-order valence-electron chi connectivity index (χ1n) is 10.8. The fraction of sp³-hybridized carbons (Fsp3) is 0.185. The number of nitrogens with zero attached hydrogens (tertiary/aromatic N) is 2. The van der Waals surface area contributed by atoms with Gasteiger partial charge in [0.25, 0.3) is 11.8 Å². The molecular weight excluding hydrogens is 400 g/mol. The Morgan fingerprint density at radius 1 is 0.844 bits per heavy atom. The number of carbonyl (C=O) groups excluding carboxylic acids is 2. The van der Waals surface area contributed by atoms with Crippen LogP contribution in [0.15, 0.2) is 84.6 Å². The van der Waals surface area contributed by atoms with Crippen LogP contribution >= 0.6 is 0 Å². The third-order valence-corrected chi connectivity index (χ3v) is 6.08. The van der Waals surface area contributed by atoms with Gasteiger partial charge < -0.3 is 9.64 Å². The van der Waals surface area contributed by atoms with E-state index in [0.717, 1.165) is 24.1 Å². The van der Waals surface area contributed by atoms with Crippen molar-refractivity contribution >= 4 is 23.1 Å². The number of hydrogen-bond acceptors (Lipinski definition) is 4. The number of rotatable bonds is 5. The van der Waals surface area contributed by atoms with Crippen molar-refractivity contribution in [1.29, 1.82) is 0 Å². The molecule has 0 aliphatic carbocycles. The molecule has 2 aliphatic rings. The van der Waals surface area contributed by atoms with Gasteiger partial charge in [-0.15, -0.1) is 0 Å². The standard InChI is InChI=1S/C27H24N2O3/c1-32-23-16-8-6-14-21(23)24-25(28-17-9-13-20-12-5-7-15-22(20)28)27(31)29(26(24)30)18-19-10-3-2-4-11-19/h2-8,10-12,14-16H,9,13,17-18H2,1H3. The van der Waals surface area contributed by atoms with Crippen molar-refractivity contribution in [3.8, 4) is 5.75 Å². The molecule has 0 spiro atoms. The average molecular weight is 425 g/mol. The largest absolute Gasteiger partial charge is 0.496 e. The van der Waals surface area contributed by atoms with E-state index in [4.69, 9.17) is 4.74 Å². The van der Waals surface area contributed by atoms with Crippen LogP contribution < -0.4 is 9.64 Å². The maximum atomic E-state index is 13.8. The van der Waals surface area contributed by atoms with Gasteiger partial charge in [0.2, 0.25) is 0 Å². The fourth-order valence-electron chi connectivity index (χ4n) is 4.58. The summed E-state index contributed by atoms with van der Waals surface area (Å²) in [5.74, 6) is 0.0193. The quantitative estimate of drug-likeness (QED) is 0.569. The molecule has 5 nitrogen and oxygen atoms in total. The predicted molar refractivity (Wildman–Crippen MR) is 124 cm³/mol. The van der Waals surface area contributed by atoms with E-state index >= 15 is 0 Å². The van der Waals surface area contributed by atoms with Gasteiger partial charge in [-0.25, -0.2) is 0 Å². The number of methoxy groups -OCH3 is 1. The van der Waals surface area contributed by atoms with E-state index in [1.54, 1.807) is 7.11 Å². The third kappa shape index (κ3) is 3.36. The average Bonchev–Trinajstić information content (AvgIpc) is 3.08. The molecule has 2 aliphatic heterocycles. The summed E-state index contributed by atoms with van der Waals surface area (Å²) in [6.45, 7) is 0.916. The summed E-state index contributed by atoms with van der Waals surface area (Å²) in [4.78, 5) is 30.9. The Balaban J connectivity index is 1.66. The normalized spacial score (nSPS) is 15.9. The molecule has 5 heteroatoms. The minimum atomic E-state index is -0.290. The summed E-state index contributed by atoms with van der Waals surface area (Å²) in [5.41, 5.74) is 4.56. The van der Waals surface area contributed by atoms with Gasteiger partial charge in [-0.3, -0.25) is 14.5 Å². The number of amides is 2. The lowest BCUT2D eigenvalue weighted by Crippen LogP contribution is -2.36. The van der Waals surface area contributed by atoms with Crippen LogP contribution in [0.5, 0.6) is 5.75 Å². The van der Waals surface area contributed by atoms with E-state index in [-0.39, 0.29) is 18.4 Å². The monoisotopic (exact) mass is 424 g/mol. The Bertz CT molecular complexity index is 1220. The Morgan fingerprint density at radius 2 is 1.56 bits per heavy atom. The van der Waals surface area contributed by atoms with Crippen molar-refractivity contribution < 1.29 is 14.3 Å². The summed E-state index contributed by atoms with van der Waals surface area (Å²) in [6.07, 6.45) is 1.87. The molecule has 0 saturated heterocycles. The minimum Gasteiger partial charge on any atom is -0.496 e. The fourth-order valence-corrected chi connectivity index (χ4v) is 4.58. The molecule has 0 bridgehead atoms. The van der Waals surface area contributed by atoms with E-state index in [1.807, 2.05) is 77.7 Å². The number of imide groups is 1. The van der Waals surface area contributed by atoms with E-state index < -0.39 is 0 Å². The zero-order valence-electron chi connectivity index (χ0n) is 18.0. The van der Waals surface area contributed by atoms with Crippen molar-refractivity contribution in [2.45, 2.75) is 19.4 Å². The Hall–Kier alpha value is -3.86. The zero-order chi connectivity index (χ0) is 22.1. The molecular formula is C27H24N2O3. The number of para-hydroxylation sites is 2. The molecule has 0 fully saturated rings. The second-order valence-corrected chi connectivity index (χ2v) is 7.99. The molecule has 0 radical (unpaired) electrons. The molecule has 0 unspecified atom stereocenters. The topological polar surface area (TPSA) is 49.9 Å². The number of fused-ring (bicyclic) bond motifs is 1. The first-order chi connectivity index (χ1) is 15.7. The van der Waals surface area contributed by atoms with Crippen molar-refractivity contribution in [2.24, 2.45) is 0 Å². The molecule has 5 rings (SSSR count). The molecule has 32 heavy (non-hydrogen) atoms. The SMILES string of the molecule is COc1ccccc1C1=C(N2CCCc3ccccc32)C(=O)N(Cc2ccccc2)C1=O. The van der Waals surface area contributed by atoms with Crippen molar-refractivity contribution in [1.82, 2.24) is 4.90 Å². The maximum Gasteiger partial charge on any atom is 0.278 e. The highest BCUT2D eigenvalue weighted by molar-refractivity contribution is 6.37. The number of benzene rings is 3. The van der Waals surface area contributed by atoms with Gasteiger partial charge in [-0.2, -0.15) is 0 Å². The van der Waals surface area contributed by atoms with Gasteiger partial charge in [-0.05, 0) is 36.1 Å². The summed E-state index contributed by atoms with van der Waals surface area (Å²) in [6, 6.07) is 25.1. The van der Waals surface area contributed by atoms with E-state index in [9.17, 15) is 9.59 Å². The van der Waals surface area contributed by atoms with Gasteiger partial charge in [-0.1, -0.05) is 66.7 Å². The van der Waals surface area contributed by atoms with Crippen LogP contribution in [-0.4, -0.2) is 30.4 Å². The van der Waals surface area contributed by atoms with Gasteiger partial charge >= 0.3 is 0 Å². The van der Waals surface area contributed by atoms with Crippen LogP contribution in [0.3, 0.4) is 0 Å². The zero-order valence-corrected chi connectivity index (χ0v) is 18.0. The molecule has 0 N–H and O–H groups in total. The lowest BCUT2D eigenvalue weighted by molar-refractivity contribution is -0.137. The molecule has 2 amide bonds. The third-order valence-electron chi connectivity index (χ3n) is 6.08. The Morgan fingerprint density at radius 3 is 2.38 bits per heavy atom. The summed E-state index contributed by atoms with van der Waals surface area (Å²) in [7, 11) is 1.58. The second kappa shape index (κ2) is 8.35. The number of carbonyl (C=O) groups is 2. The van der Waals surface area contributed by atoms with Crippen LogP contribution in [0.2, 0.25) is 0 Å². The van der Waals surface area contributed by atoms with Gasteiger partial charge in [0, 0.05) is 17.8 Å². The summed E-state index contributed by atoms with van der Waals surface area (Å²) >= 11 is 0. The van der Waals surface area contributed by atoms with E-state index in [2.05, 4.69) is 6.07 Å². The minimum absolute atomic E-state index is 0.232.